The quantitative estimate of drug-likeness (QED) is 0.674. The van der Waals surface area contributed by atoms with Gasteiger partial charge in [0.25, 0.3) is 0 Å². The molecule has 0 aromatic carbocycles. The van der Waals surface area contributed by atoms with E-state index in [0.717, 1.165) is 0 Å². The number of methoxy groups -OCH3 is 2. The second-order valence-electron chi connectivity index (χ2n) is 5.45. The van der Waals surface area contributed by atoms with Gasteiger partial charge in [0, 0.05) is 0 Å². The molecule has 4 nitrogen and oxygen atoms in total. The molecule has 0 amide bonds. The zero-order valence-electron chi connectivity index (χ0n) is 10.8. The summed E-state index contributed by atoms with van der Waals surface area (Å²) in [5.41, 5.74) is -0.530. The summed E-state index contributed by atoms with van der Waals surface area (Å²) in [6, 6.07) is 0. The van der Waals surface area contributed by atoms with Crippen LogP contribution in [0.3, 0.4) is 0 Å². The Morgan fingerprint density at radius 3 is 1.25 bits per heavy atom. The molecule has 1 aliphatic rings. The molecule has 0 spiro atoms. The van der Waals surface area contributed by atoms with E-state index in [1.807, 2.05) is 27.7 Å². The van der Waals surface area contributed by atoms with Crippen LogP contribution < -0.4 is 0 Å². The largest absolute Gasteiger partial charge is 0.469 e. The van der Waals surface area contributed by atoms with Gasteiger partial charge in [-0.2, -0.15) is 0 Å². The fraction of sp³-hybridized carbons (Fsp3) is 0.833. The molecule has 16 heavy (non-hydrogen) atoms. The maximum Gasteiger partial charge on any atom is 0.310 e. The van der Waals surface area contributed by atoms with E-state index in [2.05, 4.69) is 0 Å². The van der Waals surface area contributed by atoms with Crippen LogP contribution in [0.4, 0.5) is 0 Å². The van der Waals surface area contributed by atoms with Crippen LogP contribution in [0.2, 0.25) is 0 Å². The second-order valence-corrected chi connectivity index (χ2v) is 5.45. The number of hydrogen-bond acceptors (Lipinski definition) is 4. The maximum atomic E-state index is 11.7. The van der Waals surface area contributed by atoms with Crippen LogP contribution in [-0.2, 0) is 19.1 Å². The molecule has 0 saturated heterocycles. The number of ether oxygens (including phenoxy) is 2. The normalized spacial score (nSPS) is 30.1. The molecular weight excluding hydrogens is 208 g/mol. The van der Waals surface area contributed by atoms with Crippen LogP contribution in [0, 0.1) is 22.7 Å². The molecule has 2 atom stereocenters. The Morgan fingerprint density at radius 1 is 0.812 bits per heavy atom. The Hall–Kier alpha value is -1.06. The van der Waals surface area contributed by atoms with E-state index in [0.29, 0.717) is 0 Å². The van der Waals surface area contributed by atoms with Crippen LogP contribution in [0.15, 0.2) is 0 Å². The third kappa shape index (κ3) is 1.43. The molecule has 0 heterocycles. The highest BCUT2D eigenvalue weighted by Gasteiger charge is 2.68. The molecule has 0 aliphatic heterocycles. The summed E-state index contributed by atoms with van der Waals surface area (Å²) in [6.45, 7) is 7.92. The van der Waals surface area contributed by atoms with Crippen molar-refractivity contribution in [3.63, 3.8) is 0 Å². The molecule has 0 bridgehead atoms. The highest BCUT2D eigenvalue weighted by Crippen LogP contribution is 2.64. The molecule has 1 saturated carbocycles. The van der Waals surface area contributed by atoms with Crippen molar-refractivity contribution in [2.45, 2.75) is 27.7 Å². The Morgan fingerprint density at radius 2 is 1.06 bits per heavy atom. The zero-order chi connectivity index (χ0) is 12.7. The SMILES string of the molecule is COC(=O)[C@@H]1[C@H](C(=O)OC)C(C)(C)C1(C)C. The fourth-order valence-corrected chi connectivity index (χ4v) is 2.65. The standard InChI is InChI=1S/C12H20O4/c1-11(2)7(9(13)15-5)8(10(14)16-6)12(11,3)4/h7-8H,1-6H3/t7-,8+. The first-order valence-electron chi connectivity index (χ1n) is 5.37. The van der Waals surface area contributed by atoms with Crippen molar-refractivity contribution in [1.82, 2.24) is 0 Å². The predicted octanol–water partition coefficient (Wildman–Crippen LogP) is 1.63. The van der Waals surface area contributed by atoms with Gasteiger partial charge in [-0.25, -0.2) is 0 Å². The van der Waals surface area contributed by atoms with E-state index in [9.17, 15) is 9.59 Å². The Labute approximate surface area is 96.3 Å². The molecule has 1 rings (SSSR count). The van der Waals surface area contributed by atoms with Gasteiger partial charge < -0.3 is 9.47 Å². The zero-order valence-corrected chi connectivity index (χ0v) is 10.8. The van der Waals surface area contributed by atoms with Gasteiger partial charge in [-0.05, 0) is 10.8 Å². The van der Waals surface area contributed by atoms with Gasteiger partial charge in [0.1, 0.15) is 0 Å². The van der Waals surface area contributed by atoms with Gasteiger partial charge in [-0.1, -0.05) is 27.7 Å². The molecule has 0 aromatic rings. The van der Waals surface area contributed by atoms with Crippen molar-refractivity contribution in [1.29, 1.82) is 0 Å². The van der Waals surface area contributed by atoms with Crippen molar-refractivity contribution < 1.29 is 19.1 Å². The smallest absolute Gasteiger partial charge is 0.310 e. The fourth-order valence-electron chi connectivity index (χ4n) is 2.65. The average Bonchev–Trinajstić information content (AvgIpc) is 2.22. The third-order valence-electron chi connectivity index (χ3n) is 4.46. The van der Waals surface area contributed by atoms with Gasteiger partial charge in [-0.15, -0.1) is 0 Å². The minimum absolute atomic E-state index is 0.265. The minimum Gasteiger partial charge on any atom is -0.469 e. The number of esters is 2. The molecule has 1 aliphatic carbocycles. The summed E-state index contributed by atoms with van der Waals surface area (Å²) in [5.74, 6) is -1.50. The molecule has 0 aromatic heterocycles. The van der Waals surface area contributed by atoms with Crippen molar-refractivity contribution in [3.05, 3.63) is 0 Å². The lowest BCUT2D eigenvalue weighted by atomic mass is 9.40. The summed E-state index contributed by atoms with van der Waals surface area (Å²) in [6.07, 6.45) is 0. The first-order chi connectivity index (χ1) is 7.21. The topological polar surface area (TPSA) is 52.6 Å². The maximum absolute atomic E-state index is 11.7. The molecule has 92 valence electrons. The third-order valence-corrected chi connectivity index (χ3v) is 4.46. The number of carbonyl (C=O) groups is 2. The van der Waals surface area contributed by atoms with E-state index >= 15 is 0 Å². The van der Waals surface area contributed by atoms with E-state index in [-0.39, 0.29) is 22.8 Å². The van der Waals surface area contributed by atoms with Crippen LogP contribution in [0.25, 0.3) is 0 Å². The van der Waals surface area contributed by atoms with E-state index in [1.165, 1.54) is 14.2 Å². The predicted molar refractivity (Wildman–Crippen MR) is 58.6 cm³/mol. The van der Waals surface area contributed by atoms with Crippen LogP contribution in [0.5, 0.6) is 0 Å². The van der Waals surface area contributed by atoms with Crippen molar-refractivity contribution in [2.75, 3.05) is 14.2 Å². The Bertz CT molecular complexity index is 285. The van der Waals surface area contributed by atoms with Crippen LogP contribution in [-0.4, -0.2) is 26.2 Å². The van der Waals surface area contributed by atoms with Gasteiger partial charge in [0.05, 0.1) is 26.1 Å². The summed E-state index contributed by atoms with van der Waals surface area (Å²) in [7, 11) is 2.69. The van der Waals surface area contributed by atoms with E-state index < -0.39 is 11.8 Å². The minimum atomic E-state index is -0.417. The molecule has 0 N–H and O–H groups in total. The molecule has 0 unspecified atom stereocenters. The highest BCUT2D eigenvalue weighted by atomic mass is 16.5. The average molecular weight is 228 g/mol. The number of hydrogen-bond donors (Lipinski definition) is 0. The van der Waals surface area contributed by atoms with E-state index in [4.69, 9.17) is 9.47 Å². The molecule has 4 heteroatoms. The van der Waals surface area contributed by atoms with Crippen LogP contribution in [0.1, 0.15) is 27.7 Å². The van der Waals surface area contributed by atoms with Crippen molar-refractivity contribution in [2.24, 2.45) is 22.7 Å². The lowest BCUT2D eigenvalue weighted by Gasteiger charge is -2.61. The van der Waals surface area contributed by atoms with E-state index in [1.54, 1.807) is 0 Å². The summed E-state index contributed by atoms with van der Waals surface area (Å²) < 4.78 is 9.52. The van der Waals surface area contributed by atoms with Crippen molar-refractivity contribution >= 4 is 11.9 Å². The number of carbonyl (C=O) groups excluding carboxylic acids is 2. The number of rotatable bonds is 2. The van der Waals surface area contributed by atoms with Crippen molar-refractivity contribution in [3.8, 4) is 0 Å². The van der Waals surface area contributed by atoms with Crippen LogP contribution >= 0.6 is 0 Å². The lowest BCUT2D eigenvalue weighted by Crippen LogP contribution is -2.65. The molecular formula is C12H20O4. The second kappa shape index (κ2) is 3.75. The van der Waals surface area contributed by atoms with Gasteiger partial charge in [0.15, 0.2) is 0 Å². The summed E-state index contributed by atoms with van der Waals surface area (Å²) >= 11 is 0. The first kappa shape index (κ1) is 13.0. The first-order valence-corrected chi connectivity index (χ1v) is 5.37. The lowest BCUT2D eigenvalue weighted by molar-refractivity contribution is -0.212. The molecule has 0 radical (unpaired) electrons. The van der Waals surface area contributed by atoms with Gasteiger partial charge in [0.2, 0.25) is 0 Å². The monoisotopic (exact) mass is 228 g/mol. The Balaban J connectivity index is 3.06. The summed E-state index contributed by atoms with van der Waals surface area (Å²) in [4.78, 5) is 23.4. The Kier molecular flexibility index (Phi) is 3.05. The van der Waals surface area contributed by atoms with Gasteiger partial charge in [-0.3, -0.25) is 9.59 Å². The highest BCUT2D eigenvalue weighted by molar-refractivity contribution is 5.86. The van der Waals surface area contributed by atoms with Gasteiger partial charge >= 0.3 is 11.9 Å². The summed E-state index contributed by atoms with van der Waals surface area (Å²) in [5, 5.41) is 0. The molecule has 1 fully saturated rings.